The molecule has 1 atom stereocenters. The third-order valence-corrected chi connectivity index (χ3v) is 5.14. The van der Waals surface area contributed by atoms with Crippen molar-refractivity contribution < 1.29 is 17.5 Å². The van der Waals surface area contributed by atoms with Gasteiger partial charge in [0, 0.05) is 19.6 Å². The lowest BCUT2D eigenvalue weighted by Crippen LogP contribution is -2.48. The summed E-state index contributed by atoms with van der Waals surface area (Å²) in [6.07, 6.45) is -0.288. The van der Waals surface area contributed by atoms with E-state index in [1.807, 2.05) is 0 Å². The number of morpholine rings is 1. The van der Waals surface area contributed by atoms with Gasteiger partial charge >= 0.3 is 0 Å². The van der Waals surface area contributed by atoms with E-state index in [1.165, 1.54) is 16.4 Å². The first-order valence-electron chi connectivity index (χ1n) is 6.03. The Morgan fingerprint density at radius 3 is 2.89 bits per heavy atom. The predicted octanol–water partition coefficient (Wildman–Crippen LogP) is 0.482. The molecule has 1 aliphatic rings. The van der Waals surface area contributed by atoms with E-state index in [1.54, 1.807) is 6.92 Å². The highest BCUT2D eigenvalue weighted by Gasteiger charge is 2.31. The Hall–Kier alpha value is -1.02. The van der Waals surface area contributed by atoms with E-state index in [0.717, 1.165) is 6.07 Å². The molecule has 0 aromatic heterocycles. The molecule has 1 fully saturated rings. The summed E-state index contributed by atoms with van der Waals surface area (Å²) >= 11 is 0. The van der Waals surface area contributed by atoms with Gasteiger partial charge in [0.15, 0.2) is 0 Å². The Bertz CT molecular complexity index is 562. The standard InChI is InChI=1S/C12H17FN2O3S/c1-9-6-10(13)2-3-12(9)19(16,17)15-4-5-18-11(7-14)8-15/h2-3,6,11H,4-5,7-8,14H2,1H3/t11-/m1/s1. The zero-order valence-corrected chi connectivity index (χ0v) is 11.5. The molecule has 0 bridgehead atoms. The van der Waals surface area contributed by atoms with E-state index in [9.17, 15) is 12.8 Å². The molecule has 0 saturated carbocycles. The lowest BCUT2D eigenvalue weighted by atomic mass is 10.2. The van der Waals surface area contributed by atoms with Crippen LogP contribution in [0.25, 0.3) is 0 Å². The first-order chi connectivity index (χ1) is 8.95. The van der Waals surface area contributed by atoms with Crippen LogP contribution in [-0.4, -0.2) is 45.1 Å². The minimum Gasteiger partial charge on any atom is -0.374 e. The van der Waals surface area contributed by atoms with Gasteiger partial charge in [-0.2, -0.15) is 4.31 Å². The van der Waals surface area contributed by atoms with E-state index in [0.29, 0.717) is 12.2 Å². The first-order valence-corrected chi connectivity index (χ1v) is 7.47. The number of halogens is 1. The summed E-state index contributed by atoms with van der Waals surface area (Å²) in [4.78, 5) is 0.131. The SMILES string of the molecule is Cc1cc(F)ccc1S(=O)(=O)N1CCO[C@H](CN)C1. The van der Waals surface area contributed by atoms with Crippen molar-refractivity contribution in [3.63, 3.8) is 0 Å². The van der Waals surface area contributed by atoms with Crippen LogP contribution >= 0.6 is 0 Å². The van der Waals surface area contributed by atoms with E-state index >= 15 is 0 Å². The van der Waals surface area contributed by atoms with Crippen LogP contribution in [-0.2, 0) is 14.8 Å². The molecule has 0 aliphatic carbocycles. The second-order valence-electron chi connectivity index (χ2n) is 4.50. The highest BCUT2D eigenvalue weighted by Crippen LogP contribution is 2.22. The van der Waals surface area contributed by atoms with Gasteiger partial charge in [-0.1, -0.05) is 0 Å². The van der Waals surface area contributed by atoms with Crippen LogP contribution in [0.4, 0.5) is 4.39 Å². The Balaban J connectivity index is 2.31. The molecule has 1 aromatic carbocycles. The Morgan fingerprint density at radius 1 is 1.53 bits per heavy atom. The molecule has 0 radical (unpaired) electrons. The molecule has 7 heteroatoms. The molecule has 1 saturated heterocycles. The first kappa shape index (κ1) is 14.4. The average Bonchev–Trinajstić information content (AvgIpc) is 2.38. The lowest BCUT2D eigenvalue weighted by molar-refractivity contribution is 0.00449. The molecule has 2 N–H and O–H groups in total. The summed E-state index contributed by atoms with van der Waals surface area (Å²) in [5, 5.41) is 0. The van der Waals surface area contributed by atoms with Gasteiger partial charge in [-0.3, -0.25) is 0 Å². The van der Waals surface area contributed by atoms with Crippen LogP contribution in [0.5, 0.6) is 0 Å². The van der Waals surface area contributed by atoms with Gasteiger partial charge in [0.1, 0.15) is 5.82 Å². The second-order valence-corrected chi connectivity index (χ2v) is 6.41. The Labute approximate surface area is 112 Å². The van der Waals surface area contributed by atoms with E-state index in [2.05, 4.69) is 0 Å². The van der Waals surface area contributed by atoms with Crippen molar-refractivity contribution in [2.24, 2.45) is 5.73 Å². The summed E-state index contributed by atoms with van der Waals surface area (Å²) < 4.78 is 44.7. The van der Waals surface area contributed by atoms with Crippen LogP contribution in [0.1, 0.15) is 5.56 Å². The summed E-state index contributed by atoms with van der Waals surface area (Å²) in [5.41, 5.74) is 5.90. The molecule has 0 unspecified atom stereocenters. The maximum absolute atomic E-state index is 13.0. The summed E-state index contributed by atoms with van der Waals surface area (Å²) in [6, 6.07) is 3.67. The number of nitrogens with two attached hydrogens (primary N) is 1. The number of aryl methyl sites for hydroxylation is 1. The topological polar surface area (TPSA) is 72.6 Å². The minimum absolute atomic E-state index is 0.131. The van der Waals surface area contributed by atoms with Gasteiger partial charge in [-0.05, 0) is 30.7 Å². The van der Waals surface area contributed by atoms with Gasteiger partial charge < -0.3 is 10.5 Å². The summed E-state index contributed by atoms with van der Waals surface area (Å²) in [7, 11) is -3.62. The Morgan fingerprint density at radius 2 is 2.26 bits per heavy atom. The highest BCUT2D eigenvalue weighted by atomic mass is 32.2. The third kappa shape index (κ3) is 2.94. The fourth-order valence-electron chi connectivity index (χ4n) is 2.09. The van der Waals surface area contributed by atoms with E-state index < -0.39 is 15.8 Å². The molecule has 19 heavy (non-hydrogen) atoms. The average molecular weight is 288 g/mol. The number of hydrogen-bond donors (Lipinski definition) is 1. The van der Waals surface area contributed by atoms with Crippen LogP contribution in [0.2, 0.25) is 0 Å². The van der Waals surface area contributed by atoms with Crippen molar-refractivity contribution in [2.75, 3.05) is 26.2 Å². The van der Waals surface area contributed by atoms with Crippen LogP contribution < -0.4 is 5.73 Å². The van der Waals surface area contributed by atoms with Gasteiger partial charge in [0.2, 0.25) is 10.0 Å². The summed E-state index contributed by atoms with van der Waals surface area (Å²) in [5.74, 6) is -0.446. The van der Waals surface area contributed by atoms with Crippen LogP contribution in [0, 0.1) is 12.7 Å². The van der Waals surface area contributed by atoms with Crippen LogP contribution in [0.15, 0.2) is 23.1 Å². The number of sulfonamides is 1. The normalized spacial score (nSPS) is 21.5. The number of hydrogen-bond acceptors (Lipinski definition) is 4. The van der Waals surface area contributed by atoms with E-state index in [-0.39, 0.29) is 30.6 Å². The zero-order valence-electron chi connectivity index (χ0n) is 10.7. The van der Waals surface area contributed by atoms with Gasteiger partial charge in [0.25, 0.3) is 0 Å². The molecule has 1 aromatic rings. The lowest BCUT2D eigenvalue weighted by Gasteiger charge is -2.31. The number of ether oxygens (including phenoxy) is 1. The van der Waals surface area contributed by atoms with Crippen LogP contribution in [0.3, 0.4) is 0 Å². The molecule has 0 spiro atoms. The molecule has 1 aliphatic heterocycles. The van der Waals surface area contributed by atoms with Gasteiger partial charge in [-0.15, -0.1) is 0 Å². The number of nitrogens with zero attached hydrogens (tertiary/aromatic N) is 1. The molecule has 5 nitrogen and oxygen atoms in total. The fraction of sp³-hybridized carbons (Fsp3) is 0.500. The molecular formula is C12H17FN2O3S. The third-order valence-electron chi connectivity index (χ3n) is 3.12. The monoisotopic (exact) mass is 288 g/mol. The van der Waals surface area contributed by atoms with Gasteiger partial charge in [0.05, 0.1) is 17.6 Å². The fourth-order valence-corrected chi connectivity index (χ4v) is 3.76. The van der Waals surface area contributed by atoms with Crippen molar-refractivity contribution in [2.45, 2.75) is 17.9 Å². The van der Waals surface area contributed by atoms with Crippen molar-refractivity contribution in [1.29, 1.82) is 0 Å². The van der Waals surface area contributed by atoms with E-state index in [4.69, 9.17) is 10.5 Å². The van der Waals surface area contributed by atoms with Crippen molar-refractivity contribution in [1.82, 2.24) is 4.31 Å². The zero-order chi connectivity index (χ0) is 14.0. The largest absolute Gasteiger partial charge is 0.374 e. The molecule has 1 heterocycles. The Kier molecular flexibility index (Phi) is 4.19. The molecule has 0 amide bonds. The quantitative estimate of drug-likeness (QED) is 0.878. The minimum atomic E-state index is -3.62. The molecule has 2 rings (SSSR count). The van der Waals surface area contributed by atoms with Crippen molar-refractivity contribution in [3.05, 3.63) is 29.6 Å². The predicted molar refractivity (Wildman–Crippen MR) is 68.7 cm³/mol. The molecular weight excluding hydrogens is 271 g/mol. The maximum Gasteiger partial charge on any atom is 0.243 e. The van der Waals surface area contributed by atoms with Gasteiger partial charge in [-0.25, -0.2) is 12.8 Å². The second kappa shape index (κ2) is 5.54. The van der Waals surface area contributed by atoms with Crippen molar-refractivity contribution in [3.8, 4) is 0 Å². The smallest absolute Gasteiger partial charge is 0.243 e. The number of rotatable bonds is 3. The van der Waals surface area contributed by atoms with Crippen molar-refractivity contribution >= 4 is 10.0 Å². The number of benzene rings is 1. The summed E-state index contributed by atoms with van der Waals surface area (Å²) in [6.45, 7) is 2.69. The molecule has 106 valence electrons. The maximum atomic E-state index is 13.0. The highest BCUT2D eigenvalue weighted by molar-refractivity contribution is 7.89.